The Kier molecular flexibility index (Phi) is 8.20. The molecule has 11 rings (SSSR count). The van der Waals surface area contributed by atoms with Gasteiger partial charge in [0.05, 0.1) is 0 Å². The van der Waals surface area contributed by atoms with Crippen molar-refractivity contribution in [2.24, 2.45) is 0 Å². The second-order valence-corrected chi connectivity index (χ2v) is 17.3. The van der Waals surface area contributed by atoms with E-state index in [1.807, 2.05) is 0 Å². The molecule has 4 aliphatic rings. The Bertz CT molecular complexity index is 2930. The van der Waals surface area contributed by atoms with Crippen LogP contribution in [0.15, 0.2) is 109 Å². The van der Waals surface area contributed by atoms with Crippen molar-refractivity contribution in [2.75, 3.05) is 0 Å². The lowest BCUT2D eigenvalue weighted by atomic mass is 9.71. The predicted octanol–water partition coefficient (Wildman–Crippen LogP) is 14.8. The van der Waals surface area contributed by atoms with Gasteiger partial charge in [0.15, 0.2) is 0 Å². The molecule has 0 bridgehead atoms. The second-order valence-electron chi connectivity index (χ2n) is 17.3. The minimum Gasteiger partial charge on any atom is -0.0720 e. The maximum atomic E-state index is 2.58. The van der Waals surface area contributed by atoms with Crippen molar-refractivity contribution >= 4 is 6.08 Å². The number of aryl methyl sites for hydroxylation is 3. The lowest BCUT2D eigenvalue weighted by Crippen LogP contribution is -2.12. The summed E-state index contributed by atoms with van der Waals surface area (Å²) in [6, 6.07) is 39.9. The molecule has 0 aliphatic heterocycles. The van der Waals surface area contributed by atoms with Crippen molar-refractivity contribution < 1.29 is 0 Å². The highest BCUT2D eigenvalue weighted by atomic mass is 14.4. The van der Waals surface area contributed by atoms with Gasteiger partial charge in [-0.2, -0.15) is 0 Å². The van der Waals surface area contributed by atoms with Gasteiger partial charge in [0.25, 0.3) is 0 Å². The minimum atomic E-state index is 0.155. The smallest absolute Gasteiger partial charge is 0.0287 e. The van der Waals surface area contributed by atoms with Gasteiger partial charge < -0.3 is 0 Å². The summed E-state index contributed by atoms with van der Waals surface area (Å²) in [6.45, 7) is 14.4. The van der Waals surface area contributed by atoms with Crippen molar-refractivity contribution in [3.8, 4) is 55.6 Å². The first kappa shape index (κ1) is 35.4. The number of fused-ring (bicyclic) bond motifs is 10. The van der Waals surface area contributed by atoms with E-state index in [4.69, 9.17) is 0 Å². The molecule has 0 aromatic heterocycles. The Hall–Kier alpha value is -5.72. The van der Waals surface area contributed by atoms with Gasteiger partial charge in [-0.25, -0.2) is 0 Å². The van der Waals surface area contributed by atoms with Crippen LogP contribution in [-0.2, 0) is 44.9 Å². The molecule has 0 fully saturated rings. The Balaban J connectivity index is 1.39. The summed E-state index contributed by atoms with van der Waals surface area (Å²) in [5.74, 6) is 0.155. The summed E-state index contributed by atoms with van der Waals surface area (Å²) in [7, 11) is 0. The summed E-state index contributed by atoms with van der Waals surface area (Å²) < 4.78 is 0. The molecule has 0 spiro atoms. The van der Waals surface area contributed by atoms with Gasteiger partial charge in [-0.1, -0.05) is 143 Å². The Morgan fingerprint density at radius 2 is 1.02 bits per heavy atom. The zero-order valence-corrected chi connectivity index (χ0v) is 35.0. The van der Waals surface area contributed by atoms with Gasteiger partial charge >= 0.3 is 0 Å². The van der Waals surface area contributed by atoms with E-state index in [0.29, 0.717) is 0 Å². The third-order valence-corrected chi connectivity index (χ3v) is 14.6. The lowest BCUT2D eigenvalue weighted by molar-refractivity contribution is 1.01. The second kappa shape index (κ2) is 13.4. The lowest BCUT2D eigenvalue weighted by Gasteiger charge is -2.32. The van der Waals surface area contributed by atoms with Crippen LogP contribution >= 0.6 is 0 Å². The maximum absolute atomic E-state index is 2.58. The fourth-order valence-electron chi connectivity index (χ4n) is 12.1. The molecule has 0 saturated carbocycles. The van der Waals surface area contributed by atoms with Crippen LogP contribution in [0.25, 0.3) is 61.7 Å². The van der Waals surface area contributed by atoms with Crippen molar-refractivity contribution in [1.82, 2.24) is 0 Å². The van der Waals surface area contributed by atoms with Gasteiger partial charge in [0.1, 0.15) is 0 Å². The highest BCUT2D eigenvalue weighted by Crippen LogP contribution is 2.59. The van der Waals surface area contributed by atoms with E-state index in [-0.39, 0.29) is 5.92 Å². The summed E-state index contributed by atoms with van der Waals surface area (Å²) in [5.41, 5.74) is 37.1. The van der Waals surface area contributed by atoms with E-state index in [0.717, 1.165) is 44.9 Å². The standard InChI is InChI=1S/C58H52/c1-7-35-28-47-44-24-15-12-20-38(44)30-49(47)55(41(35)9-3)57-51-32-40-22-17-18-33(5)52(40)54(51)34(6)53(46-27-26-37-19-11-14-23-43(37)46)58(57)56-42(10-4)36(8-2)29-48-45-25-16-13-21-39(45)31-50(48)56/h11-29,46H,7-10,30-32H2,1-6H3. The van der Waals surface area contributed by atoms with Crippen LogP contribution in [-0.4, -0.2) is 0 Å². The molecule has 0 heterocycles. The first-order chi connectivity index (χ1) is 28.4. The molecule has 7 aromatic rings. The third kappa shape index (κ3) is 4.87. The molecule has 0 saturated heterocycles. The normalized spacial score (nSPS) is 14.9. The number of rotatable bonds is 7. The quantitative estimate of drug-likeness (QED) is 0.152. The predicted molar refractivity (Wildman–Crippen MR) is 246 cm³/mol. The minimum absolute atomic E-state index is 0.155. The zero-order chi connectivity index (χ0) is 39.4. The van der Waals surface area contributed by atoms with Crippen LogP contribution in [0.5, 0.6) is 0 Å². The molecule has 0 radical (unpaired) electrons. The van der Waals surface area contributed by atoms with Crippen LogP contribution < -0.4 is 0 Å². The molecule has 0 amide bonds. The summed E-state index contributed by atoms with van der Waals surface area (Å²) in [6.07, 6.45) is 11.9. The van der Waals surface area contributed by atoms with E-state index >= 15 is 0 Å². The molecule has 0 heteroatoms. The van der Waals surface area contributed by atoms with E-state index in [2.05, 4.69) is 157 Å². The van der Waals surface area contributed by atoms with E-state index in [1.54, 1.807) is 16.7 Å². The topological polar surface area (TPSA) is 0 Å². The van der Waals surface area contributed by atoms with Crippen LogP contribution in [0.1, 0.15) is 117 Å². The Morgan fingerprint density at radius 3 is 1.64 bits per heavy atom. The van der Waals surface area contributed by atoms with E-state index in [1.165, 1.54) is 122 Å². The molecular formula is C58H52. The fraction of sp³-hybridized carbons (Fsp3) is 0.241. The van der Waals surface area contributed by atoms with Gasteiger partial charge in [0.2, 0.25) is 0 Å². The van der Waals surface area contributed by atoms with Crippen molar-refractivity contribution in [3.63, 3.8) is 0 Å². The number of hydrogen-bond donors (Lipinski definition) is 0. The van der Waals surface area contributed by atoms with E-state index in [9.17, 15) is 0 Å². The first-order valence-corrected chi connectivity index (χ1v) is 22.0. The van der Waals surface area contributed by atoms with Crippen LogP contribution in [0.4, 0.5) is 0 Å². The molecule has 1 unspecified atom stereocenters. The molecular weight excluding hydrogens is 697 g/mol. The molecule has 284 valence electrons. The molecule has 0 nitrogen and oxygen atoms in total. The van der Waals surface area contributed by atoms with E-state index < -0.39 is 0 Å². The zero-order valence-electron chi connectivity index (χ0n) is 35.0. The third-order valence-electron chi connectivity index (χ3n) is 14.6. The highest BCUT2D eigenvalue weighted by molar-refractivity contribution is 6.05. The molecule has 58 heavy (non-hydrogen) atoms. The number of hydrogen-bond acceptors (Lipinski definition) is 0. The first-order valence-electron chi connectivity index (χ1n) is 22.0. The van der Waals surface area contributed by atoms with Gasteiger partial charge in [0, 0.05) is 5.92 Å². The monoisotopic (exact) mass is 748 g/mol. The largest absolute Gasteiger partial charge is 0.0720 e. The summed E-state index contributed by atoms with van der Waals surface area (Å²) >= 11 is 0. The average molecular weight is 749 g/mol. The Labute approximate surface area is 345 Å². The average Bonchev–Trinajstić information content (AvgIpc) is 4.04. The van der Waals surface area contributed by atoms with Gasteiger partial charge in [-0.3, -0.25) is 0 Å². The summed E-state index contributed by atoms with van der Waals surface area (Å²) in [5, 5.41) is 0. The molecule has 0 N–H and O–H groups in total. The van der Waals surface area contributed by atoms with Crippen molar-refractivity contribution in [2.45, 2.75) is 92.4 Å². The molecule has 1 atom stereocenters. The Morgan fingerprint density at radius 1 is 0.466 bits per heavy atom. The van der Waals surface area contributed by atoms with Crippen LogP contribution in [0.3, 0.4) is 0 Å². The number of benzene rings is 7. The van der Waals surface area contributed by atoms with Crippen molar-refractivity contribution in [3.05, 3.63) is 193 Å². The SMILES string of the molecule is CCc1cc2c(c(-c3c4c(c(C)c(C5C=Cc6ccccc65)c3-c3c(CC)c(CC)cc5c3Cc3ccccc3-5)-c3c(C)cccc3C4)c1CC)Cc1ccccc1-2. The number of allylic oxidation sites excluding steroid dienone is 1. The maximum Gasteiger partial charge on any atom is 0.0287 e. The fourth-order valence-corrected chi connectivity index (χ4v) is 12.1. The summed E-state index contributed by atoms with van der Waals surface area (Å²) in [4.78, 5) is 0. The highest BCUT2D eigenvalue weighted by Gasteiger charge is 2.39. The van der Waals surface area contributed by atoms with Gasteiger partial charge in [-0.05, 0) is 198 Å². The molecule has 4 aliphatic carbocycles. The molecule has 7 aromatic carbocycles. The van der Waals surface area contributed by atoms with Crippen LogP contribution in [0, 0.1) is 13.8 Å². The van der Waals surface area contributed by atoms with Crippen molar-refractivity contribution in [1.29, 1.82) is 0 Å². The van der Waals surface area contributed by atoms with Gasteiger partial charge in [-0.15, -0.1) is 0 Å². The van der Waals surface area contributed by atoms with Crippen LogP contribution in [0.2, 0.25) is 0 Å².